The van der Waals surface area contributed by atoms with E-state index in [4.69, 9.17) is 14.2 Å². The normalized spacial score (nSPS) is 17.6. The van der Waals surface area contributed by atoms with Gasteiger partial charge in [-0.1, -0.05) is 75.9 Å². The van der Waals surface area contributed by atoms with Crippen molar-refractivity contribution in [2.75, 3.05) is 19.8 Å². The van der Waals surface area contributed by atoms with Crippen LogP contribution in [0.15, 0.2) is 54.6 Å². The van der Waals surface area contributed by atoms with Gasteiger partial charge in [0, 0.05) is 22.6 Å². The fourth-order valence-corrected chi connectivity index (χ4v) is 4.52. The summed E-state index contributed by atoms with van der Waals surface area (Å²) in [5, 5.41) is 0. The molecule has 0 aromatic heterocycles. The van der Waals surface area contributed by atoms with Crippen LogP contribution in [-0.4, -0.2) is 19.8 Å². The molecule has 3 aromatic carbocycles. The van der Waals surface area contributed by atoms with Crippen LogP contribution in [0.4, 0.5) is 13.2 Å². The molecule has 0 unspecified atom stereocenters. The molecule has 0 spiro atoms. The van der Waals surface area contributed by atoms with Gasteiger partial charge in [-0.3, -0.25) is 0 Å². The first-order valence-electron chi connectivity index (χ1n) is 13.3. The summed E-state index contributed by atoms with van der Waals surface area (Å²) in [6, 6.07) is 14.6. The van der Waals surface area contributed by atoms with Crippen LogP contribution in [0, 0.1) is 23.4 Å². The van der Waals surface area contributed by atoms with E-state index in [1.807, 2.05) is 6.92 Å². The third-order valence-electron chi connectivity index (χ3n) is 6.76. The highest BCUT2D eigenvalue weighted by molar-refractivity contribution is 5.71. The van der Waals surface area contributed by atoms with Crippen LogP contribution in [0.3, 0.4) is 0 Å². The molecule has 1 aliphatic heterocycles. The first kappa shape index (κ1) is 27.2. The van der Waals surface area contributed by atoms with E-state index >= 15 is 4.39 Å². The SMILES string of the molecule is CCCCCC1COC(c2ccc(-c3ccc(-c4ccc(OCCCC)c(F)c4F)cc3)c(F)c2)OC1. The van der Waals surface area contributed by atoms with Gasteiger partial charge in [0.1, 0.15) is 5.82 Å². The molecule has 1 aliphatic rings. The molecule has 0 atom stereocenters. The van der Waals surface area contributed by atoms with E-state index in [9.17, 15) is 8.78 Å². The minimum atomic E-state index is -1.00. The highest BCUT2D eigenvalue weighted by Gasteiger charge is 2.24. The first-order valence-corrected chi connectivity index (χ1v) is 13.3. The van der Waals surface area contributed by atoms with Gasteiger partial charge in [0.2, 0.25) is 5.82 Å². The third kappa shape index (κ3) is 6.74. The molecule has 6 heteroatoms. The lowest BCUT2D eigenvalue weighted by Crippen LogP contribution is -2.27. The van der Waals surface area contributed by atoms with Crippen LogP contribution >= 0.6 is 0 Å². The highest BCUT2D eigenvalue weighted by atomic mass is 19.2. The predicted molar refractivity (Wildman–Crippen MR) is 140 cm³/mol. The van der Waals surface area contributed by atoms with Crippen LogP contribution in [0.5, 0.6) is 5.75 Å². The average Bonchev–Trinajstić information content (AvgIpc) is 2.92. The van der Waals surface area contributed by atoms with Crippen LogP contribution < -0.4 is 4.74 Å². The number of unbranched alkanes of at least 4 members (excludes halogenated alkanes) is 3. The van der Waals surface area contributed by atoms with E-state index in [0.717, 1.165) is 19.3 Å². The number of ether oxygens (including phenoxy) is 3. The second-order valence-corrected chi connectivity index (χ2v) is 9.62. The molecule has 3 nitrogen and oxygen atoms in total. The van der Waals surface area contributed by atoms with E-state index in [1.165, 1.54) is 37.5 Å². The van der Waals surface area contributed by atoms with Crippen LogP contribution in [0.25, 0.3) is 22.3 Å². The fraction of sp³-hybridized carbons (Fsp3) is 0.419. The lowest BCUT2D eigenvalue weighted by molar-refractivity contribution is -0.206. The summed E-state index contributed by atoms with van der Waals surface area (Å²) in [4.78, 5) is 0. The van der Waals surface area contributed by atoms with Crippen molar-refractivity contribution >= 4 is 0 Å². The summed E-state index contributed by atoms with van der Waals surface area (Å²) in [5.41, 5.74) is 2.31. The van der Waals surface area contributed by atoms with Crippen molar-refractivity contribution in [3.63, 3.8) is 0 Å². The standard InChI is InChI=1S/C31H35F3O3/c1-3-5-7-8-21-19-36-31(37-20-21)24-13-14-25(27(32)18-24)22-9-11-23(12-10-22)26-15-16-28(30(34)29(26)33)35-17-6-4-2/h9-16,18,21,31H,3-8,17,19-20H2,1-2H3. The van der Waals surface area contributed by atoms with Crippen LogP contribution in [0.1, 0.15) is 64.2 Å². The largest absolute Gasteiger partial charge is 0.490 e. The number of hydrogen-bond acceptors (Lipinski definition) is 3. The van der Waals surface area contributed by atoms with E-state index < -0.39 is 23.7 Å². The highest BCUT2D eigenvalue weighted by Crippen LogP contribution is 2.34. The Morgan fingerprint density at radius 3 is 2.05 bits per heavy atom. The van der Waals surface area contributed by atoms with Crippen molar-refractivity contribution in [3.8, 4) is 28.0 Å². The number of rotatable bonds is 11. The van der Waals surface area contributed by atoms with Gasteiger partial charge in [-0.15, -0.1) is 0 Å². The van der Waals surface area contributed by atoms with E-state index in [-0.39, 0.29) is 11.3 Å². The summed E-state index contributed by atoms with van der Waals surface area (Å²) < 4.78 is 61.3. The molecular weight excluding hydrogens is 477 g/mol. The summed E-state index contributed by atoms with van der Waals surface area (Å²) in [5.74, 6) is -2.07. The molecule has 37 heavy (non-hydrogen) atoms. The summed E-state index contributed by atoms with van der Waals surface area (Å²) in [6.07, 6.45) is 5.74. The van der Waals surface area contributed by atoms with Gasteiger partial charge < -0.3 is 14.2 Å². The smallest absolute Gasteiger partial charge is 0.201 e. The van der Waals surface area contributed by atoms with Crippen molar-refractivity contribution < 1.29 is 27.4 Å². The Morgan fingerprint density at radius 2 is 1.41 bits per heavy atom. The van der Waals surface area contributed by atoms with Gasteiger partial charge in [0.15, 0.2) is 17.9 Å². The van der Waals surface area contributed by atoms with Gasteiger partial charge in [-0.25, -0.2) is 8.78 Å². The van der Waals surface area contributed by atoms with Crippen molar-refractivity contribution in [2.24, 2.45) is 5.92 Å². The molecule has 198 valence electrons. The van der Waals surface area contributed by atoms with Gasteiger partial charge in [-0.2, -0.15) is 4.39 Å². The van der Waals surface area contributed by atoms with Gasteiger partial charge in [0.05, 0.1) is 19.8 Å². The number of halogens is 3. The second-order valence-electron chi connectivity index (χ2n) is 9.62. The number of benzene rings is 3. The molecule has 0 bridgehead atoms. The Labute approximate surface area is 217 Å². The molecule has 0 amide bonds. The Hall–Kier alpha value is -2.83. The van der Waals surface area contributed by atoms with Crippen molar-refractivity contribution in [1.29, 1.82) is 0 Å². The second kappa shape index (κ2) is 13.1. The lowest BCUT2D eigenvalue weighted by atomic mass is 9.98. The zero-order valence-corrected chi connectivity index (χ0v) is 21.6. The van der Waals surface area contributed by atoms with Gasteiger partial charge >= 0.3 is 0 Å². The molecule has 4 rings (SSSR count). The Kier molecular flexibility index (Phi) is 9.64. The van der Waals surface area contributed by atoms with Gasteiger partial charge in [0.25, 0.3) is 0 Å². The Balaban J connectivity index is 1.42. The third-order valence-corrected chi connectivity index (χ3v) is 6.76. The van der Waals surface area contributed by atoms with Gasteiger partial charge in [-0.05, 0) is 42.2 Å². The first-order chi connectivity index (χ1) is 18.0. The van der Waals surface area contributed by atoms with Crippen LogP contribution in [-0.2, 0) is 9.47 Å². The van der Waals surface area contributed by atoms with Crippen molar-refractivity contribution in [3.05, 3.63) is 77.6 Å². The minimum Gasteiger partial charge on any atom is -0.490 e. The van der Waals surface area contributed by atoms with E-state index in [0.29, 0.717) is 48.0 Å². The topological polar surface area (TPSA) is 27.7 Å². The minimum absolute atomic E-state index is 0.0913. The zero-order valence-electron chi connectivity index (χ0n) is 21.6. The summed E-state index contributed by atoms with van der Waals surface area (Å²) >= 11 is 0. The average molecular weight is 513 g/mol. The van der Waals surface area contributed by atoms with E-state index in [1.54, 1.807) is 36.4 Å². The molecule has 3 aromatic rings. The number of hydrogen-bond donors (Lipinski definition) is 0. The maximum Gasteiger partial charge on any atom is 0.201 e. The van der Waals surface area contributed by atoms with E-state index in [2.05, 4.69) is 6.92 Å². The molecule has 0 radical (unpaired) electrons. The van der Waals surface area contributed by atoms with Crippen molar-refractivity contribution in [2.45, 2.75) is 58.7 Å². The molecular formula is C31H35F3O3. The predicted octanol–water partition coefficient (Wildman–Crippen LogP) is 8.86. The quantitative estimate of drug-likeness (QED) is 0.240. The van der Waals surface area contributed by atoms with Crippen LogP contribution in [0.2, 0.25) is 0 Å². The summed E-state index contributed by atoms with van der Waals surface area (Å²) in [7, 11) is 0. The molecule has 1 saturated heterocycles. The Bertz CT molecular complexity index is 1160. The maximum absolute atomic E-state index is 15.1. The summed E-state index contributed by atoms with van der Waals surface area (Å²) in [6.45, 7) is 5.74. The monoisotopic (exact) mass is 512 g/mol. The molecule has 1 heterocycles. The molecule has 0 N–H and O–H groups in total. The van der Waals surface area contributed by atoms with Crippen molar-refractivity contribution in [1.82, 2.24) is 0 Å². The maximum atomic E-state index is 15.1. The zero-order chi connectivity index (χ0) is 26.2. The molecule has 0 saturated carbocycles. The lowest BCUT2D eigenvalue weighted by Gasteiger charge is -2.29. The Morgan fingerprint density at radius 1 is 0.757 bits per heavy atom. The fourth-order valence-electron chi connectivity index (χ4n) is 4.52. The molecule has 0 aliphatic carbocycles. The molecule has 1 fully saturated rings.